The van der Waals surface area contributed by atoms with Gasteiger partial charge in [-0.1, -0.05) is 0 Å². The second-order valence-electron chi connectivity index (χ2n) is 4.59. The zero-order valence-corrected chi connectivity index (χ0v) is 11.7. The molecule has 2 aromatic rings. The molecule has 0 bridgehead atoms. The second-order valence-corrected chi connectivity index (χ2v) is 4.59. The average molecular weight is 317 g/mol. The Kier molecular flexibility index (Phi) is 4.38. The van der Waals surface area contributed by atoms with E-state index in [-0.39, 0.29) is 25.5 Å². The van der Waals surface area contributed by atoms with Crippen molar-refractivity contribution in [2.24, 2.45) is 7.05 Å². The standard InChI is InChI=1S/C12H14F3N5O2/c1-18-10(12(13,14)15)17-20(11(18)22)7-4-16-9(21)8-19-5-2-3-6-19/h2-3,5-6H,4,7-8H2,1H3,(H,16,21). The van der Waals surface area contributed by atoms with Gasteiger partial charge in [-0.3, -0.25) is 9.36 Å². The van der Waals surface area contributed by atoms with Gasteiger partial charge in [0.15, 0.2) is 0 Å². The third kappa shape index (κ3) is 3.57. The van der Waals surface area contributed by atoms with Crippen LogP contribution in [0.2, 0.25) is 0 Å². The number of aromatic nitrogens is 4. The van der Waals surface area contributed by atoms with Crippen LogP contribution in [0, 0.1) is 0 Å². The summed E-state index contributed by atoms with van der Waals surface area (Å²) < 4.78 is 40.5. The van der Waals surface area contributed by atoms with Gasteiger partial charge in [0.2, 0.25) is 11.7 Å². The predicted octanol–water partition coefficient (Wildman–Crippen LogP) is 0.218. The molecule has 2 rings (SSSR count). The van der Waals surface area contributed by atoms with Crippen LogP contribution in [0.15, 0.2) is 29.3 Å². The van der Waals surface area contributed by atoms with E-state index in [1.54, 1.807) is 29.1 Å². The fourth-order valence-corrected chi connectivity index (χ4v) is 1.88. The lowest BCUT2D eigenvalue weighted by Gasteiger charge is -2.05. The number of alkyl halides is 3. The van der Waals surface area contributed by atoms with Gasteiger partial charge in [-0.25, -0.2) is 9.48 Å². The Bertz CT molecular complexity index is 699. The summed E-state index contributed by atoms with van der Waals surface area (Å²) in [7, 11) is 0.999. The number of hydrogen-bond donors (Lipinski definition) is 1. The van der Waals surface area contributed by atoms with Gasteiger partial charge in [0, 0.05) is 26.0 Å². The largest absolute Gasteiger partial charge is 0.451 e. The van der Waals surface area contributed by atoms with Crippen molar-refractivity contribution in [3.8, 4) is 0 Å². The third-order valence-corrected chi connectivity index (χ3v) is 2.93. The number of rotatable bonds is 5. The highest BCUT2D eigenvalue weighted by Crippen LogP contribution is 2.25. The van der Waals surface area contributed by atoms with Crippen LogP contribution in [-0.4, -0.2) is 31.4 Å². The van der Waals surface area contributed by atoms with Crippen molar-refractivity contribution in [1.29, 1.82) is 0 Å². The van der Waals surface area contributed by atoms with Crippen LogP contribution in [0.3, 0.4) is 0 Å². The number of nitrogens with one attached hydrogen (secondary N) is 1. The summed E-state index contributed by atoms with van der Waals surface area (Å²) in [5.74, 6) is -1.58. The molecule has 0 aliphatic rings. The Morgan fingerprint density at radius 3 is 2.50 bits per heavy atom. The molecule has 0 saturated carbocycles. The number of carbonyl (C=O) groups is 1. The summed E-state index contributed by atoms with van der Waals surface area (Å²) in [6.07, 6.45) is -1.28. The van der Waals surface area contributed by atoms with Gasteiger partial charge in [0.25, 0.3) is 0 Å². The number of hydrogen-bond acceptors (Lipinski definition) is 3. The van der Waals surface area contributed by atoms with E-state index in [2.05, 4.69) is 10.4 Å². The molecule has 2 heterocycles. The van der Waals surface area contributed by atoms with E-state index < -0.39 is 17.7 Å². The number of nitrogens with zero attached hydrogens (tertiary/aromatic N) is 4. The van der Waals surface area contributed by atoms with Crippen molar-refractivity contribution >= 4 is 5.91 Å². The molecule has 0 aliphatic carbocycles. The van der Waals surface area contributed by atoms with E-state index in [0.29, 0.717) is 9.25 Å². The normalized spacial score (nSPS) is 11.6. The van der Waals surface area contributed by atoms with Crippen LogP contribution in [0.25, 0.3) is 0 Å². The van der Waals surface area contributed by atoms with Crippen LogP contribution in [-0.2, 0) is 31.1 Å². The Morgan fingerprint density at radius 1 is 1.32 bits per heavy atom. The van der Waals surface area contributed by atoms with E-state index in [1.807, 2.05) is 0 Å². The molecule has 0 saturated heterocycles. The summed E-state index contributed by atoms with van der Waals surface area (Å²) in [6.45, 7) is -0.0353. The molecule has 22 heavy (non-hydrogen) atoms. The molecule has 0 aromatic carbocycles. The zero-order valence-electron chi connectivity index (χ0n) is 11.7. The second kappa shape index (κ2) is 6.08. The van der Waals surface area contributed by atoms with Crippen molar-refractivity contribution in [3.63, 3.8) is 0 Å². The lowest BCUT2D eigenvalue weighted by molar-refractivity contribution is -0.147. The fourth-order valence-electron chi connectivity index (χ4n) is 1.88. The number of halogens is 3. The molecule has 1 amide bonds. The van der Waals surface area contributed by atoms with E-state index in [0.717, 1.165) is 7.05 Å². The lowest BCUT2D eigenvalue weighted by Crippen LogP contribution is -2.33. The molecule has 0 aliphatic heterocycles. The highest BCUT2D eigenvalue weighted by atomic mass is 19.4. The Labute approximate surface area is 123 Å². The average Bonchev–Trinajstić information content (AvgIpc) is 3.01. The molecule has 7 nitrogen and oxygen atoms in total. The maximum absolute atomic E-state index is 12.6. The van der Waals surface area contributed by atoms with E-state index in [4.69, 9.17) is 0 Å². The molecule has 10 heteroatoms. The van der Waals surface area contributed by atoms with Crippen LogP contribution >= 0.6 is 0 Å². The van der Waals surface area contributed by atoms with Crippen molar-refractivity contribution in [2.75, 3.05) is 6.54 Å². The summed E-state index contributed by atoms with van der Waals surface area (Å²) >= 11 is 0. The highest BCUT2D eigenvalue weighted by Gasteiger charge is 2.37. The Balaban J connectivity index is 1.92. The first-order chi connectivity index (χ1) is 10.3. The summed E-state index contributed by atoms with van der Waals surface area (Å²) in [6, 6.07) is 3.53. The fraction of sp³-hybridized carbons (Fsp3) is 0.417. The van der Waals surface area contributed by atoms with E-state index in [9.17, 15) is 22.8 Å². The van der Waals surface area contributed by atoms with E-state index in [1.165, 1.54) is 0 Å². The minimum atomic E-state index is -4.70. The number of amides is 1. The topological polar surface area (TPSA) is 73.8 Å². The monoisotopic (exact) mass is 317 g/mol. The molecular weight excluding hydrogens is 303 g/mol. The van der Waals surface area contributed by atoms with Crippen molar-refractivity contribution in [3.05, 3.63) is 40.8 Å². The summed E-state index contributed by atoms with van der Waals surface area (Å²) in [4.78, 5) is 23.2. The van der Waals surface area contributed by atoms with Gasteiger partial charge in [0.1, 0.15) is 6.54 Å². The van der Waals surface area contributed by atoms with Gasteiger partial charge in [-0.15, -0.1) is 5.10 Å². The van der Waals surface area contributed by atoms with Crippen LogP contribution in [0.5, 0.6) is 0 Å². The van der Waals surface area contributed by atoms with Gasteiger partial charge >= 0.3 is 11.9 Å². The van der Waals surface area contributed by atoms with Crippen molar-refractivity contribution < 1.29 is 18.0 Å². The maximum Gasteiger partial charge on any atom is 0.451 e. The first-order valence-corrected chi connectivity index (χ1v) is 6.37. The predicted molar refractivity (Wildman–Crippen MR) is 69.9 cm³/mol. The molecule has 0 fully saturated rings. The third-order valence-electron chi connectivity index (χ3n) is 2.93. The molecule has 0 spiro atoms. The minimum Gasteiger partial charge on any atom is -0.353 e. The maximum atomic E-state index is 12.6. The summed E-state index contributed by atoms with van der Waals surface area (Å²) in [5.41, 5.74) is -0.882. The van der Waals surface area contributed by atoms with Crippen LogP contribution in [0.4, 0.5) is 13.2 Å². The Morgan fingerprint density at radius 2 is 1.95 bits per heavy atom. The molecule has 120 valence electrons. The minimum absolute atomic E-state index is 0.00825. The van der Waals surface area contributed by atoms with Gasteiger partial charge in [-0.2, -0.15) is 13.2 Å². The quantitative estimate of drug-likeness (QED) is 0.857. The SMILES string of the molecule is Cn1c(C(F)(F)F)nn(CCNC(=O)Cn2cccc2)c1=O. The summed E-state index contributed by atoms with van der Waals surface area (Å²) in [5, 5.41) is 5.75. The van der Waals surface area contributed by atoms with Gasteiger partial charge in [0.05, 0.1) is 6.54 Å². The molecule has 0 unspecified atom stereocenters. The molecule has 0 atom stereocenters. The first kappa shape index (κ1) is 15.9. The molecular formula is C12H14F3N5O2. The molecule has 1 N–H and O–H groups in total. The first-order valence-electron chi connectivity index (χ1n) is 6.37. The molecule has 2 aromatic heterocycles. The van der Waals surface area contributed by atoms with E-state index >= 15 is 0 Å². The van der Waals surface area contributed by atoms with Crippen molar-refractivity contribution in [1.82, 2.24) is 24.2 Å². The van der Waals surface area contributed by atoms with Crippen LogP contribution in [0.1, 0.15) is 5.82 Å². The molecule has 0 radical (unpaired) electrons. The smallest absolute Gasteiger partial charge is 0.353 e. The van der Waals surface area contributed by atoms with Crippen LogP contribution < -0.4 is 11.0 Å². The zero-order chi connectivity index (χ0) is 16.3. The lowest BCUT2D eigenvalue weighted by atomic mass is 10.5. The van der Waals surface area contributed by atoms with Crippen molar-refractivity contribution in [2.45, 2.75) is 19.3 Å². The van der Waals surface area contributed by atoms with Gasteiger partial charge < -0.3 is 9.88 Å². The Hall–Kier alpha value is -2.52. The number of carbonyl (C=O) groups excluding carboxylic acids is 1. The van der Waals surface area contributed by atoms with Gasteiger partial charge in [-0.05, 0) is 12.1 Å². The highest BCUT2D eigenvalue weighted by molar-refractivity contribution is 5.75.